The van der Waals surface area contributed by atoms with Crippen molar-refractivity contribution in [1.29, 1.82) is 0 Å². The van der Waals surface area contributed by atoms with Crippen LogP contribution in [0.1, 0.15) is 29.8 Å². The minimum atomic E-state index is -0.901. The van der Waals surface area contributed by atoms with E-state index in [-0.39, 0.29) is 0 Å². The lowest BCUT2D eigenvalue weighted by atomic mass is 9.99. The number of aromatic nitrogens is 2. The Labute approximate surface area is 126 Å². The highest BCUT2D eigenvalue weighted by atomic mass is 32.1. The normalized spacial score (nSPS) is 23.4. The third-order valence-electron chi connectivity index (χ3n) is 4.58. The van der Waals surface area contributed by atoms with Crippen LogP contribution in [0.15, 0.2) is 11.6 Å². The molecule has 2 saturated heterocycles. The zero-order valence-electron chi connectivity index (χ0n) is 11.7. The molecular formula is C14H18N4O2S. The first kappa shape index (κ1) is 13.1. The van der Waals surface area contributed by atoms with E-state index in [1.165, 1.54) is 37.1 Å². The summed E-state index contributed by atoms with van der Waals surface area (Å²) in [5.74, 6) is -0.262. The summed E-state index contributed by atoms with van der Waals surface area (Å²) >= 11 is 1.48. The van der Waals surface area contributed by atoms with Gasteiger partial charge in [-0.05, 0) is 19.4 Å². The van der Waals surface area contributed by atoms with Crippen molar-refractivity contribution in [3.05, 3.63) is 17.3 Å². The smallest absolute Gasteiger partial charge is 0.356 e. The molecule has 1 unspecified atom stereocenters. The molecule has 1 N–H and O–H groups in total. The van der Waals surface area contributed by atoms with Crippen molar-refractivity contribution in [2.24, 2.45) is 0 Å². The van der Waals surface area contributed by atoms with Gasteiger partial charge in [0.2, 0.25) is 0 Å². The molecule has 4 heterocycles. The van der Waals surface area contributed by atoms with Gasteiger partial charge in [-0.2, -0.15) is 0 Å². The Balaban J connectivity index is 1.68. The van der Waals surface area contributed by atoms with Crippen LogP contribution in [0.4, 0.5) is 5.82 Å². The van der Waals surface area contributed by atoms with E-state index >= 15 is 0 Å². The van der Waals surface area contributed by atoms with Gasteiger partial charge in [-0.15, -0.1) is 11.3 Å². The summed E-state index contributed by atoms with van der Waals surface area (Å²) in [6.45, 7) is 3.95. The Bertz CT molecular complexity index is 680. The third kappa shape index (κ3) is 2.11. The summed E-state index contributed by atoms with van der Waals surface area (Å²) in [5, 5.41) is 11.4. The topological polar surface area (TPSA) is 61.1 Å². The molecule has 0 aliphatic carbocycles. The molecule has 0 amide bonds. The summed E-state index contributed by atoms with van der Waals surface area (Å²) in [6, 6.07) is 0.550. The van der Waals surface area contributed by atoms with Gasteiger partial charge >= 0.3 is 5.97 Å². The van der Waals surface area contributed by atoms with Crippen molar-refractivity contribution >= 4 is 28.1 Å². The van der Waals surface area contributed by atoms with Gasteiger partial charge in [0.05, 0.1) is 0 Å². The van der Waals surface area contributed by atoms with Crippen molar-refractivity contribution in [3.8, 4) is 0 Å². The molecule has 2 aromatic heterocycles. The molecule has 2 aliphatic heterocycles. The van der Waals surface area contributed by atoms with Crippen LogP contribution < -0.4 is 4.90 Å². The number of rotatable bonds is 2. The van der Waals surface area contributed by atoms with E-state index < -0.39 is 5.97 Å². The highest BCUT2D eigenvalue weighted by Gasteiger charge is 2.32. The third-order valence-corrected chi connectivity index (χ3v) is 5.34. The second kappa shape index (κ2) is 4.99. The van der Waals surface area contributed by atoms with E-state index in [2.05, 4.69) is 14.8 Å². The number of piperazine rings is 1. The fourth-order valence-corrected chi connectivity index (χ4v) is 4.25. The van der Waals surface area contributed by atoms with E-state index in [4.69, 9.17) is 0 Å². The Morgan fingerprint density at radius 1 is 1.33 bits per heavy atom. The lowest BCUT2D eigenvalue weighted by molar-refractivity contribution is 0.0689. The standard InChI is InChI=1S/C14H18N4O2S/c19-13(20)11-12(15-14-18(11)7-8-21-14)17-6-5-16-4-2-1-3-10(16)9-17/h7-8,10H,1-6,9H2,(H,19,20). The number of fused-ring (bicyclic) bond motifs is 2. The van der Waals surface area contributed by atoms with Gasteiger partial charge in [-0.25, -0.2) is 9.78 Å². The number of carbonyl (C=O) groups is 1. The van der Waals surface area contributed by atoms with Crippen LogP contribution in [0.2, 0.25) is 0 Å². The van der Waals surface area contributed by atoms with E-state index in [1.807, 2.05) is 5.38 Å². The minimum absolute atomic E-state index is 0.301. The van der Waals surface area contributed by atoms with Crippen molar-refractivity contribution in [1.82, 2.24) is 14.3 Å². The molecule has 2 aromatic rings. The monoisotopic (exact) mass is 306 g/mol. The number of piperidine rings is 1. The van der Waals surface area contributed by atoms with E-state index in [1.54, 1.807) is 10.6 Å². The maximum Gasteiger partial charge on any atom is 0.356 e. The first-order valence-corrected chi connectivity index (χ1v) is 8.30. The van der Waals surface area contributed by atoms with Crippen LogP contribution >= 0.6 is 11.3 Å². The van der Waals surface area contributed by atoms with Crippen LogP contribution in [0, 0.1) is 0 Å². The quantitative estimate of drug-likeness (QED) is 0.916. The van der Waals surface area contributed by atoms with Gasteiger partial charge in [0.15, 0.2) is 16.5 Å². The van der Waals surface area contributed by atoms with Gasteiger partial charge in [0.1, 0.15) is 0 Å². The number of nitrogens with zero attached hydrogens (tertiary/aromatic N) is 4. The zero-order chi connectivity index (χ0) is 14.4. The molecule has 0 aromatic carbocycles. The molecule has 1 atom stereocenters. The average molecular weight is 306 g/mol. The average Bonchev–Trinajstić information content (AvgIpc) is 3.06. The van der Waals surface area contributed by atoms with Crippen LogP contribution in [0.3, 0.4) is 0 Å². The molecule has 2 aliphatic rings. The van der Waals surface area contributed by atoms with Gasteiger partial charge in [-0.3, -0.25) is 9.30 Å². The molecule has 0 bridgehead atoms. The maximum absolute atomic E-state index is 11.6. The van der Waals surface area contributed by atoms with Crippen LogP contribution in [0.5, 0.6) is 0 Å². The fourth-order valence-electron chi connectivity index (χ4n) is 3.54. The minimum Gasteiger partial charge on any atom is -0.476 e. The second-order valence-corrected chi connectivity index (χ2v) is 6.65. The molecule has 21 heavy (non-hydrogen) atoms. The number of aromatic carboxylic acids is 1. The predicted molar refractivity (Wildman–Crippen MR) is 81.5 cm³/mol. The van der Waals surface area contributed by atoms with Crippen LogP contribution in [-0.4, -0.2) is 57.6 Å². The molecular weight excluding hydrogens is 288 g/mol. The van der Waals surface area contributed by atoms with Gasteiger partial charge in [0.25, 0.3) is 0 Å². The first-order chi connectivity index (χ1) is 10.2. The summed E-state index contributed by atoms with van der Waals surface area (Å²) in [6.07, 6.45) is 5.56. The molecule has 112 valence electrons. The molecule has 2 fully saturated rings. The number of imidazole rings is 1. The Hall–Kier alpha value is -1.60. The fraction of sp³-hybridized carbons (Fsp3) is 0.571. The summed E-state index contributed by atoms with van der Waals surface area (Å²) in [4.78, 5) is 21.7. The first-order valence-electron chi connectivity index (χ1n) is 7.42. The summed E-state index contributed by atoms with van der Waals surface area (Å²) in [7, 11) is 0. The van der Waals surface area contributed by atoms with E-state index in [0.29, 0.717) is 17.6 Å². The second-order valence-electron chi connectivity index (χ2n) is 5.78. The van der Waals surface area contributed by atoms with Crippen molar-refractivity contribution in [2.45, 2.75) is 25.3 Å². The lowest BCUT2D eigenvalue weighted by Crippen LogP contribution is -2.55. The molecule has 0 radical (unpaired) electrons. The van der Waals surface area contributed by atoms with Gasteiger partial charge in [-0.1, -0.05) is 6.42 Å². The van der Waals surface area contributed by atoms with Crippen molar-refractivity contribution < 1.29 is 9.90 Å². The number of carboxylic acids is 1. The Morgan fingerprint density at radius 3 is 3.10 bits per heavy atom. The van der Waals surface area contributed by atoms with Crippen LogP contribution in [0.25, 0.3) is 4.96 Å². The maximum atomic E-state index is 11.6. The highest BCUT2D eigenvalue weighted by Crippen LogP contribution is 2.29. The molecule has 0 saturated carbocycles. The molecule has 6 nitrogen and oxygen atoms in total. The Kier molecular flexibility index (Phi) is 3.11. The number of anilines is 1. The van der Waals surface area contributed by atoms with Gasteiger partial charge < -0.3 is 10.0 Å². The molecule has 0 spiro atoms. The number of hydrogen-bond acceptors (Lipinski definition) is 5. The SMILES string of the molecule is O=C(O)c1c(N2CCN3CCCCC3C2)nc2sccn12. The lowest BCUT2D eigenvalue weighted by Gasteiger charge is -2.44. The van der Waals surface area contributed by atoms with E-state index in [0.717, 1.165) is 24.6 Å². The van der Waals surface area contributed by atoms with E-state index in [9.17, 15) is 9.90 Å². The highest BCUT2D eigenvalue weighted by molar-refractivity contribution is 7.15. The summed E-state index contributed by atoms with van der Waals surface area (Å²) < 4.78 is 1.69. The predicted octanol–water partition coefficient (Wildman–Crippen LogP) is 1.77. The number of hydrogen-bond donors (Lipinski definition) is 1. The van der Waals surface area contributed by atoms with Crippen molar-refractivity contribution in [3.63, 3.8) is 0 Å². The number of thiazole rings is 1. The van der Waals surface area contributed by atoms with Gasteiger partial charge in [0, 0.05) is 37.3 Å². The Morgan fingerprint density at radius 2 is 2.24 bits per heavy atom. The number of carboxylic acid groups (broad SMARTS) is 1. The zero-order valence-corrected chi connectivity index (χ0v) is 12.6. The largest absolute Gasteiger partial charge is 0.476 e. The van der Waals surface area contributed by atoms with Crippen molar-refractivity contribution in [2.75, 3.05) is 31.1 Å². The van der Waals surface area contributed by atoms with Crippen LogP contribution in [-0.2, 0) is 0 Å². The summed E-state index contributed by atoms with van der Waals surface area (Å²) in [5.41, 5.74) is 0.301. The molecule has 4 rings (SSSR count). The molecule has 7 heteroatoms.